The van der Waals surface area contributed by atoms with Gasteiger partial charge in [0.2, 0.25) is 0 Å². The molecule has 5 rings (SSSR count). The van der Waals surface area contributed by atoms with Crippen LogP contribution in [0, 0.1) is 11.3 Å². The van der Waals surface area contributed by atoms with E-state index < -0.39 is 0 Å². The summed E-state index contributed by atoms with van der Waals surface area (Å²) in [5.41, 5.74) is 1.63. The van der Waals surface area contributed by atoms with Gasteiger partial charge in [0.1, 0.15) is 0 Å². The first-order valence-electron chi connectivity index (χ1n) is 13.8. The van der Waals surface area contributed by atoms with E-state index in [1.54, 1.807) is 0 Å². The first-order valence-corrected chi connectivity index (χ1v) is 14.3. The van der Waals surface area contributed by atoms with E-state index in [0.717, 1.165) is 62.3 Å². The van der Waals surface area contributed by atoms with Gasteiger partial charge in [-0.05, 0) is 48.1 Å². The molecule has 0 aromatic heterocycles. The third kappa shape index (κ3) is 6.06. The van der Waals surface area contributed by atoms with Crippen molar-refractivity contribution in [2.45, 2.75) is 51.4 Å². The zero-order valence-electron chi connectivity index (χ0n) is 22.5. The number of ether oxygens (including phenoxy) is 1. The molecule has 2 aliphatic heterocycles. The Labute approximate surface area is 226 Å². The monoisotopic (exact) mass is 523 g/mol. The lowest BCUT2D eigenvalue weighted by atomic mass is 9.71. The number of nitrogens with zero attached hydrogens (tertiary/aromatic N) is 3. The van der Waals surface area contributed by atoms with Crippen LogP contribution in [0.25, 0.3) is 10.8 Å². The fraction of sp³-hybridized carbons (Fsp3) is 0.600. The van der Waals surface area contributed by atoms with Crippen molar-refractivity contribution in [2.24, 2.45) is 11.3 Å². The van der Waals surface area contributed by atoms with Gasteiger partial charge in [-0.25, -0.2) is 0 Å². The fourth-order valence-corrected chi connectivity index (χ4v) is 7.02. The highest BCUT2D eigenvalue weighted by Gasteiger charge is 2.34. The van der Waals surface area contributed by atoms with Crippen molar-refractivity contribution in [3.63, 3.8) is 0 Å². The van der Waals surface area contributed by atoms with E-state index in [2.05, 4.69) is 30.6 Å². The number of hydrogen-bond donors (Lipinski definition) is 1. The van der Waals surface area contributed by atoms with E-state index in [-0.39, 0.29) is 17.1 Å². The maximum Gasteiger partial charge on any atom is 0.261 e. The SMILES string of the molecule is C[C@H]1C[C@@H](OC[C@H](S)CN2CCN(CCN3C(=O)c4cccc5cccc(c45)C3=O)CC2)CC(C)(C)C1. The number of carbonyl (C=O) groups is 2. The predicted octanol–water partition coefficient (Wildman–Crippen LogP) is 4.58. The predicted molar refractivity (Wildman–Crippen MR) is 152 cm³/mol. The van der Waals surface area contributed by atoms with Crippen molar-refractivity contribution in [3.8, 4) is 0 Å². The molecule has 2 aromatic carbocycles. The first kappa shape index (κ1) is 26.7. The first-order chi connectivity index (χ1) is 17.7. The molecule has 7 heteroatoms. The molecule has 0 spiro atoms. The van der Waals surface area contributed by atoms with Gasteiger partial charge in [0.25, 0.3) is 11.8 Å². The van der Waals surface area contributed by atoms with Crippen LogP contribution >= 0.6 is 12.6 Å². The minimum atomic E-state index is -0.179. The Morgan fingerprint density at radius 3 is 2.19 bits per heavy atom. The summed E-state index contributed by atoms with van der Waals surface area (Å²) in [6, 6.07) is 11.4. The summed E-state index contributed by atoms with van der Waals surface area (Å²) in [5, 5.41) is 1.94. The number of piperazine rings is 1. The summed E-state index contributed by atoms with van der Waals surface area (Å²) in [6.45, 7) is 13.6. The largest absolute Gasteiger partial charge is 0.377 e. The van der Waals surface area contributed by atoms with Gasteiger partial charge in [0, 0.05) is 67.6 Å². The van der Waals surface area contributed by atoms with Crippen LogP contribution < -0.4 is 0 Å². The van der Waals surface area contributed by atoms with Crippen molar-refractivity contribution >= 4 is 35.2 Å². The van der Waals surface area contributed by atoms with Crippen LogP contribution in [0.1, 0.15) is 60.7 Å². The topological polar surface area (TPSA) is 53.1 Å². The number of carbonyl (C=O) groups excluding carboxylic acids is 2. The Balaban J connectivity index is 1.07. The van der Waals surface area contributed by atoms with Gasteiger partial charge in [-0.3, -0.25) is 24.3 Å². The summed E-state index contributed by atoms with van der Waals surface area (Å²) in [4.78, 5) is 32.5. The number of amides is 2. The van der Waals surface area contributed by atoms with Gasteiger partial charge >= 0.3 is 0 Å². The van der Waals surface area contributed by atoms with Crippen LogP contribution in [-0.2, 0) is 4.74 Å². The second kappa shape index (κ2) is 11.0. The maximum atomic E-state index is 13.1. The second-order valence-electron chi connectivity index (χ2n) is 12.1. The Morgan fingerprint density at radius 2 is 1.57 bits per heavy atom. The number of thiol groups is 1. The molecule has 0 radical (unpaired) electrons. The quantitative estimate of drug-likeness (QED) is 0.405. The summed E-state index contributed by atoms with van der Waals surface area (Å²) < 4.78 is 6.30. The standard InChI is InChI=1S/C30H41N3O3S/c1-21-16-23(18-30(2,3)17-21)36-20-24(37)19-32-12-10-31(11-13-32)14-15-33-28(34)25-8-4-6-22-7-5-9-26(27(22)25)29(33)35/h4-9,21,23-24,37H,10-20H2,1-3H3/t21-,23+,24+/m0/s1. The molecular formula is C30H41N3O3S. The highest BCUT2D eigenvalue weighted by molar-refractivity contribution is 7.81. The molecule has 3 atom stereocenters. The molecule has 2 amide bonds. The van der Waals surface area contributed by atoms with Crippen LogP contribution in [0.15, 0.2) is 36.4 Å². The molecule has 200 valence electrons. The van der Waals surface area contributed by atoms with E-state index in [0.29, 0.717) is 42.3 Å². The average molecular weight is 524 g/mol. The average Bonchev–Trinajstić information content (AvgIpc) is 2.85. The van der Waals surface area contributed by atoms with Crippen LogP contribution in [0.2, 0.25) is 0 Å². The van der Waals surface area contributed by atoms with E-state index in [1.165, 1.54) is 11.3 Å². The zero-order chi connectivity index (χ0) is 26.2. The van der Waals surface area contributed by atoms with Crippen molar-refractivity contribution in [3.05, 3.63) is 47.5 Å². The Hall–Kier alpha value is -1.93. The highest BCUT2D eigenvalue weighted by atomic mass is 32.1. The number of hydrogen-bond acceptors (Lipinski definition) is 6. The van der Waals surface area contributed by atoms with Crippen molar-refractivity contribution in [2.75, 3.05) is 52.4 Å². The Bertz CT molecular complexity index is 1090. The molecule has 0 N–H and O–H groups in total. The normalized spacial score (nSPS) is 25.6. The van der Waals surface area contributed by atoms with Gasteiger partial charge < -0.3 is 4.74 Å². The molecule has 6 nitrogen and oxygen atoms in total. The van der Waals surface area contributed by atoms with Crippen molar-refractivity contribution < 1.29 is 14.3 Å². The fourth-order valence-electron chi connectivity index (χ4n) is 6.70. The second-order valence-corrected chi connectivity index (χ2v) is 12.9. The van der Waals surface area contributed by atoms with Crippen LogP contribution in [-0.4, -0.2) is 90.3 Å². The van der Waals surface area contributed by atoms with E-state index in [1.807, 2.05) is 36.4 Å². The molecule has 2 fully saturated rings. The van der Waals surface area contributed by atoms with Gasteiger partial charge in [0.15, 0.2) is 0 Å². The van der Waals surface area contributed by atoms with Gasteiger partial charge in [0.05, 0.1) is 12.7 Å². The van der Waals surface area contributed by atoms with Crippen molar-refractivity contribution in [1.82, 2.24) is 14.7 Å². The third-order valence-electron chi connectivity index (χ3n) is 8.30. The van der Waals surface area contributed by atoms with Crippen LogP contribution in [0.5, 0.6) is 0 Å². The summed E-state index contributed by atoms with van der Waals surface area (Å²) in [5.74, 6) is 0.363. The highest BCUT2D eigenvalue weighted by Crippen LogP contribution is 2.39. The molecule has 1 saturated carbocycles. The lowest BCUT2D eigenvalue weighted by Gasteiger charge is -2.39. The third-order valence-corrected chi connectivity index (χ3v) is 8.61. The smallest absolute Gasteiger partial charge is 0.261 e. The number of rotatable bonds is 8. The lowest BCUT2D eigenvalue weighted by molar-refractivity contribution is -0.0243. The summed E-state index contributed by atoms with van der Waals surface area (Å²) in [6.07, 6.45) is 3.93. The molecule has 2 aromatic rings. The molecule has 1 aliphatic carbocycles. The minimum absolute atomic E-state index is 0.179. The van der Waals surface area contributed by atoms with Crippen molar-refractivity contribution in [1.29, 1.82) is 0 Å². The van der Waals surface area contributed by atoms with E-state index in [4.69, 9.17) is 17.4 Å². The Kier molecular flexibility index (Phi) is 7.96. The number of imide groups is 1. The summed E-state index contributed by atoms with van der Waals surface area (Å²) in [7, 11) is 0. The van der Waals surface area contributed by atoms with Gasteiger partial charge in [-0.15, -0.1) is 0 Å². The molecule has 37 heavy (non-hydrogen) atoms. The molecule has 0 unspecified atom stereocenters. The molecule has 2 heterocycles. The van der Waals surface area contributed by atoms with Gasteiger partial charge in [-0.1, -0.05) is 45.0 Å². The van der Waals surface area contributed by atoms with Crippen LogP contribution in [0.3, 0.4) is 0 Å². The Morgan fingerprint density at radius 1 is 0.946 bits per heavy atom. The molecule has 1 saturated heterocycles. The van der Waals surface area contributed by atoms with Gasteiger partial charge in [-0.2, -0.15) is 12.6 Å². The molecular weight excluding hydrogens is 482 g/mol. The van der Waals surface area contributed by atoms with E-state index in [9.17, 15) is 9.59 Å². The van der Waals surface area contributed by atoms with E-state index >= 15 is 0 Å². The molecule has 3 aliphatic rings. The summed E-state index contributed by atoms with van der Waals surface area (Å²) >= 11 is 4.84. The lowest BCUT2D eigenvalue weighted by Crippen LogP contribution is -2.51. The minimum Gasteiger partial charge on any atom is -0.377 e. The van der Waals surface area contributed by atoms with Crippen LogP contribution in [0.4, 0.5) is 0 Å². The molecule has 0 bridgehead atoms. The zero-order valence-corrected chi connectivity index (χ0v) is 23.4. The maximum absolute atomic E-state index is 13.1. The number of benzene rings is 2.